The Bertz CT molecular complexity index is 254. The van der Waals surface area contributed by atoms with E-state index in [4.69, 9.17) is 9.47 Å². The van der Waals surface area contributed by atoms with E-state index in [1.807, 2.05) is 0 Å². The summed E-state index contributed by atoms with van der Waals surface area (Å²) >= 11 is 0. The zero-order valence-corrected chi connectivity index (χ0v) is 14.5. The van der Waals surface area contributed by atoms with Crippen molar-refractivity contribution in [2.75, 3.05) is 60.6 Å². The van der Waals surface area contributed by atoms with Crippen molar-refractivity contribution in [3.8, 4) is 0 Å². The molecule has 1 fully saturated rings. The van der Waals surface area contributed by atoms with Gasteiger partial charge in [-0.15, -0.1) is 24.0 Å². The lowest BCUT2D eigenvalue weighted by atomic mass is 10.3. The minimum absolute atomic E-state index is 0. The first-order valence-corrected chi connectivity index (χ1v) is 6.50. The van der Waals surface area contributed by atoms with E-state index < -0.39 is 0 Å². The fourth-order valence-electron chi connectivity index (χ4n) is 1.84. The predicted molar refractivity (Wildman–Crippen MR) is 88.5 cm³/mol. The molecule has 0 amide bonds. The molecule has 0 spiro atoms. The predicted octanol–water partition coefficient (Wildman–Crippen LogP) is 0.137. The summed E-state index contributed by atoms with van der Waals surface area (Å²) in [7, 11) is 5.61. The molecule has 0 bridgehead atoms. The second-order valence-corrected chi connectivity index (χ2v) is 4.48. The summed E-state index contributed by atoms with van der Waals surface area (Å²) in [5.74, 6) is 0.822. The first kappa shape index (κ1) is 18.9. The van der Waals surface area contributed by atoms with E-state index in [9.17, 15) is 0 Å². The number of likely N-dealkylation sites (N-methyl/N-ethyl adjacent to an activating group) is 1. The van der Waals surface area contributed by atoms with Gasteiger partial charge in [0, 0.05) is 46.9 Å². The van der Waals surface area contributed by atoms with E-state index in [0.717, 1.165) is 51.8 Å². The first-order valence-electron chi connectivity index (χ1n) is 6.50. The van der Waals surface area contributed by atoms with E-state index in [1.54, 1.807) is 14.2 Å². The lowest BCUT2D eigenvalue weighted by Gasteiger charge is -2.30. The van der Waals surface area contributed by atoms with E-state index in [2.05, 4.69) is 27.6 Å². The van der Waals surface area contributed by atoms with Crippen molar-refractivity contribution in [2.24, 2.45) is 4.99 Å². The van der Waals surface area contributed by atoms with Gasteiger partial charge in [0.2, 0.25) is 0 Å². The minimum Gasteiger partial charge on any atom is -0.385 e. The van der Waals surface area contributed by atoms with Gasteiger partial charge in [0.15, 0.2) is 5.96 Å². The molecule has 19 heavy (non-hydrogen) atoms. The highest BCUT2D eigenvalue weighted by atomic mass is 127. The number of methoxy groups -OCH3 is 1. The molecule has 1 saturated heterocycles. The molecule has 1 aliphatic rings. The molecule has 1 rings (SSSR count). The Hall–Kier alpha value is -0.120. The second-order valence-electron chi connectivity index (χ2n) is 4.48. The fraction of sp³-hybridized carbons (Fsp3) is 0.917. The molecule has 7 heteroatoms. The average molecular weight is 386 g/mol. The quantitative estimate of drug-likeness (QED) is 0.294. The third-order valence-electron chi connectivity index (χ3n) is 2.88. The van der Waals surface area contributed by atoms with Crippen LogP contribution in [0.15, 0.2) is 4.99 Å². The summed E-state index contributed by atoms with van der Waals surface area (Å²) in [6, 6.07) is 0. The van der Waals surface area contributed by atoms with Crippen LogP contribution in [0.25, 0.3) is 0 Å². The summed E-state index contributed by atoms with van der Waals surface area (Å²) in [5.41, 5.74) is 0. The van der Waals surface area contributed by atoms with Crippen LogP contribution in [0.3, 0.4) is 0 Å². The van der Waals surface area contributed by atoms with Gasteiger partial charge in [0.05, 0.1) is 12.7 Å². The Balaban J connectivity index is 0.00000324. The summed E-state index contributed by atoms with van der Waals surface area (Å²) < 4.78 is 10.7. The summed E-state index contributed by atoms with van der Waals surface area (Å²) in [4.78, 5) is 6.46. The van der Waals surface area contributed by atoms with Crippen LogP contribution in [0, 0.1) is 0 Å². The molecule has 114 valence electrons. The highest BCUT2D eigenvalue weighted by Gasteiger charge is 2.17. The van der Waals surface area contributed by atoms with Crippen LogP contribution in [0.4, 0.5) is 0 Å². The second kappa shape index (κ2) is 11.7. The first-order chi connectivity index (χ1) is 8.76. The highest BCUT2D eigenvalue weighted by molar-refractivity contribution is 14.0. The summed E-state index contributed by atoms with van der Waals surface area (Å²) in [5, 5.41) is 6.53. The van der Waals surface area contributed by atoms with Gasteiger partial charge in [-0.1, -0.05) is 0 Å². The minimum atomic E-state index is 0. The maximum absolute atomic E-state index is 5.68. The molecule has 2 N–H and O–H groups in total. The normalized spacial score (nSPS) is 20.8. The molecule has 6 nitrogen and oxygen atoms in total. The van der Waals surface area contributed by atoms with E-state index in [0.29, 0.717) is 0 Å². The molecule has 1 unspecified atom stereocenters. The monoisotopic (exact) mass is 386 g/mol. The van der Waals surface area contributed by atoms with Gasteiger partial charge in [0.1, 0.15) is 0 Å². The van der Waals surface area contributed by atoms with Gasteiger partial charge in [0.25, 0.3) is 0 Å². The molecule has 0 saturated carbocycles. The Morgan fingerprint density at radius 2 is 2.26 bits per heavy atom. The van der Waals surface area contributed by atoms with Crippen LogP contribution in [0.2, 0.25) is 0 Å². The number of ether oxygens (including phenoxy) is 2. The number of nitrogens with one attached hydrogen (secondary N) is 2. The van der Waals surface area contributed by atoms with Crippen LogP contribution in [-0.4, -0.2) is 77.6 Å². The van der Waals surface area contributed by atoms with Crippen LogP contribution < -0.4 is 10.6 Å². The number of rotatable bonds is 6. The van der Waals surface area contributed by atoms with Crippen molar-refractivity contribution in [2.45, 2.75) is 12.5 Å². The number of hydrogen-bond donors (Lipinski definition) is 2. The molecule has 0 aromatic carbocycles. The number of guanidine groups is 1. The van der Waals surface area contributed by atoms with Gasteiger partial charge in [-0.25, -0.2) is 0 Å². The Kier molecular flexibility index (Phi) is 11.6. The third-order valence-corrected chi connectivity index (χ3v) is 2.88. The van der Waals surface area contributed by atoms with Crippen molar-refractivity contribution in [3.63, 3.8) is 0 Å². The zero-order valence-electron chi connectivity index (χ0n) is 12.1. The smallest absolute Gasteiger partial charge is 0.191 e. The van der Waals surface area contributed by atoms with Crippen molar-refractivity contribution < 1.29 is 9.47 Å². The number of nitrogens with zero attached hydrogens (tertiary/aromatic N) is 2. The van der Waals surface area contributed by atoms with Crippen molar-refractivity contribution in [1.29, 1.82) is 0 Å². The van der Waals surface area contributed by atoms with Crippen LogP contribution in [-0.2, 0) is 9.47 Å². The molecule has 0 aliphatic carbocycles. The van der Waals surface area contributed by atoms with E-state index >= 15 is 0 Å². The lowest BCUT2D eigenvalue weighted by molar-refractivity contribution is -0.0161. The number of aliphatic imine (C=N–C) groups is 1. The van der Waals surface area contributed by atoms with Gasteiger partial charge >= 0.3 is 0 Å². The van der Waals surface area contributed by atoms with E-state index in [1.165, 1.54) is 0 Å². The Morgan fingerprint density at radius 3 is 2.89 bits per heavy atom. The maximum atomic E-state index is 5.68. The van der Waals surface area contributed by atoms with Gasteiger partial charge in [-0.05, 0) is 13.5 Å². The fourth-order valence-corrected chi connectivity index (χ4v) is 1.84. The average Bonchev–Trinajstić information content (AvgIpc) is 2.38. The number of hydrogen-bond acceptors (Lipinski definition) is 4. The third kappa shape index (κ3) is 8.61. The van der Waals surface area contributed by atoms with Gasteiger partial charge < -0.3 is 25.0 Å². The summed E-state index contributed by atoms with van der Waals surface area (Å²) in [6.45, 7) is 5.20. The molecule has 0 radical (unpaired) electrons. The van der Waals surface area contributed by atoms with E-state index in [-0.39, 0.29) is 30.1 Å². The largest absolute Gasteiger partial charge is 0.385 e. The Labute approximate surface area is 133 Å². The van der Waals surface area contributed by atoms with Crippen molar-refractivity contribution in [3.05, 3.63) is 0 Å². The maximum Gasteiger partial charge on any atom is 0.191 e. The SMILES string of the molecule is CN=C(NCCCOC)NCC1CN(C)CCO1.I. The number of halogens is 1. The molecular formula is C12H27IN4O2. The molecule has 1 aliphatic heterocycles. The summed E-state index contributed by atoms with van der Waals surface area (Å²) in [6.07, 6.45) is 1.21. The molecule has 1 atom stereocenters. The lowest BCUT2D eigenvalue weighted by Crippen LogP contribution is -2.48. The molecule has 1 heterocycles. The highest BCUT2D eigenvalue weighted by Crippen LogP contribution is 2.01. The molecular weight excluding hydrogens is 359 g/mol. The van der Waals surface area contributed by atoms with Gasteiger partial charge in [-0.2, -0.15) is 0 Å². The number of morpholine rings is 1. The van der Waals surface area contributed by atoms with Crippen molar-refractivity contribution >= 4 is 29.9 Å². The topological polar surface area (TPSA) is 58.1 Å². The zero-order chi connectivity index (χ0) is 13.2. The molecule has 0 aromatic heterocycles. The van der Waals surface area contributed by atoms with Gasteiger partial charge in [-0.3, -0.25) is 4.99 Å². The Morgan fingerprint density at radius 1 is 1.47 bits per heavy atom. The standard InChI is InChI=1S/C12H26N4O2.HI/c1-13-12(14-5-4-7-17-3)15-9-11-10-16(2)6-8-18-11;/h11H,4-10H2,1-3H3,(H2,13,14,15);1H. The van der Waals surface area contributed by atoms with Crippen molar-refractivity contribution in [1.82, 2.24) is 15.5 Å². The van der Waals surface area contributed by atoms with Crippen LogP contribution in [0.5, 0.6) is 0 Å². The molecule has 0 aromatic rings. The van der Waals surface area contributed by atoms with Crippen LogP contribution in [0.1, 0.15) is 6.42 Å². The van der Waals surface area contributed by atoms with Crippen LogP contribution >= 0.6 is 24.0 Å².